The fraction of sp³-hybridized carbons (Fsp3) is 0.438. The zero-order chi connectivity index (χ0) is 16.6. The summed E-state index contributed by atoms with van der Waals surface area (Å²) in [5, 5.41) is 2.60. The number of alkyl carbamates (subject to hydrolysis) is 1. The molecule has 1 amide bonds. The van der Waals surface area contributed by atoms with Crippen molar-refractivity contribution in [3.8, 4) is 11.8 Å². The van der Waals surface area contributed by atoms with Crippen molar-refractivity contribution >= 4 is 12.1 Å². The van der Waals surface area contributed by atoms with E-state index in [2.05, 4.69) is 26.9 Å². The van der Waals surface area contributed by atoms with Gasteiger partial charge in [-0.1, -0.05) is 11.8 Å². The van der Waals surface area contributed by atoms with Crippen molar-refractivity contribution in [2.75, 3.05) is 13.7 Å². The number of nitrogens with zero attached hydrogens (tertiary/aromatic N) is 1. The fourth-order valence-corrected chi connectivity index (χ4v) is 1.46. The lowest BCUT2D eigenvalue weighted by atomic mass is 10.2. The number of aromatic nitrogens is 1. The van der Waals surface area contributed by atoms with Gasteiger partial charge in [0, 0.05) is 19.2 Å². The summed E-state index contributed by atoms with van der Waals surface area (Å²) in [6.45, 7) is 5.74. The minimum absolute atomic E-state index is 0.178. The first-order valence-corrected chi connectivity index (χ1v) is 6.82. The van der Waals surface area contributed by atoms with Crippen molar-refractivity contribution in [1.29, 1.82) is 0 Å². The number of pyridine rings is 1. The van der Waals surface area contributed by atoms with Crippen LogP contribution in [0.15, 0.2) is 18.3 Å². The molecule has 0 spiro atoms. The van der Waals surface area contributed by atoms with Gasteiger partial charge in [0.1, 0.15) is 5.60 Å². The summed E-state index contributed by atoms with van der Waals surface area (Å²) in [6, 6.07) is 3.38. The van der Waals surface area contributed by atoms with Gasteiger partial charge < -0.3 is 14.8 Å². The Balaban J connectivity index is 2.52. The van der Waals surface area contributed by atoms with Crippen LogP contribution in [-0.2, 0) is 9.47 Å². The molecular weight excluding hydrogens is 284 g/mol. The van der Waals surface area contributed by atoms with Gasteiger partial charge in [-0.2, -0.15) is 0 Å². The second-order valence-electron chi connectivity index (χ2n) is 5.37. The van der Waals surface area contributed by atoms with Crippen LogP contribution in [0.4, 0.5) is 4.79 Å². The average molecular weight is 304 g/mol. The Kier molecular flexibility index (Phi) is 6.39. The Morgan fingerprint density at radius 2 is 2.09 bits per heavy atom. The number of amides is 1. The van der Waals surface area contributed by atoms with Gasteiger partial charge in [-0.25, -0.2) is 14.6 Å². The van der Waals surface area contributed by atoms with E-state index in [-0.39, 0.29) is 5.69 Å². The van der Waals surface area contributed by atoms with E-state index in [1.54, 1.807) is 32.9 Å². The minimum Gasteiger partial charge on any atom is -0.464 e. The van der Waals surface area contributed by atoms with E-state index in [4.69, 9.17) is 4.74 Å². The van der Waals surface area contributed by atoms with Gasteiger partial charge in [0.2, 0.25) is 0 Å². The summed E-state index contributed by atoms with van der Waals surface area (Å²) < 4.78 is 9.74. The fourth-order valence-electron chi connectivity index (χ4n) is 1.46. The molecule has 1 heterocycles. The first kappa shape index (κ1) is 17.5. The third-order valence-corrected chi connectivity index (χ3v) is 2.33. The lowest BCUT2D eigenvalue weighted by Crippen LogP contribution is -2.32. The second-order valence-corrected chi connectivity index (χ2v) is 5.37. The molecule has 6 nitrogen and oxygen atoms in total. The van der Waals surface area contributed by atoms with E-state index in [1.807, 2.05) is 0 Å². The predicted molar refractivity (Wildman–Crippen MR) is 81.3 cm³/mol. The largest absolute Gasteiger partial charge is 0.464 e. The first-order valence-electron chi connectivity index (χ1n) is 6.82. The molecular formula is C16H20N2O4. The van der Waals surface area contributed by atoms with Crippen LogP contribution in [-0.4, -0.2) is 36.3 Å². The van der Waals surface area contributed by atoms with Crippen molar-refractivity contribution in [2.24, 2.45) is 0 Å². The standard InChI is InChI=1S/C16H20N2O4/c1-16(2,3)22-15(20)18-10-6-5-8-12-9-7-11-17-13(12)14(19)21-4/h7,9,11H,6,10H2,1-4H3,(H,18,20). The molecule has 0 radical (unpaired) electrons. The van der Waals surface area contributed by atoms with Crippen molar-refractivity contribution in [3.63, 3.8) is 0 Å². The Morgan fingerprint density at radius 1 is 1.36 bits per heavy atom. The third kappa shape index (κ3) is 6.27. The Hall–Kier alpha value is -2.55. The summed E-state index contributed by atoms with van der Waals surface area (Å²) in [6.07, 6.45) is 1.45. The molecule has 6 heteroatoms. The van der Waals surface area contributed by atoms with E-state index in [0.717, 1.165) is 0 Å². The summed E-state index contributed by atoms with van der Waals surface area (Å²) in [4.78, 5) is 26.9. The van der Waals surface area contributed by atoms with E-state index >= 15 is 0 Å². The highest BCUT2D eigenvalue weighted by molar-refractivity contribution is 5.89. The van der Waals surface area contributed by atoms with Gasteiger partial charge in [-0.3, -0.25) is 0 Å². The van der Waals surface area contributed by atoms with Crippen molar-refractivity contribution in [3.05, 3.63) is 29.6 Å². The maximum Gasteiger partial charge on any atom is 0.407 e. The van der Waals surface area contributed by atoms with Crippen molar-refractivity contribution in [2.45, 2.75) is 32.8 Å². The molecule has 1 aromatic heterocycles. The highest BCUT2D eigenvalue weighted by Gasteiger charge is 2.15. The van der Waals surface area contributed by atoms with Gasteiger partial charge in [0.25, 0.3) is 0 Å². The molecule has 0 aliphatic heterocycles. The third-order valence-electron chi connectivity index (χ3n) is 2.33. The smallest absolute Gasteiger partial charge is 0.407 e. The maximum absolute atomic E-state index is 11.5. The van der Waals surface area contributed by atoms with Crippen LogP contribution in [0.2, 0.25) is 0 Å². The molecule has 0 aliphatic carbocycles. The summed E-state index contributed by atoms with van der Waals surface area (Å²) in [5.74, 6) is 5.19. The summed E-state index contributed by atoms with van der Waals surface area (Å²) >= 11 is 0. The van der Waals surface area contributed by atoms with Gasteiger partial charge in [0.15, 0.2) is 5.69 Å². The minimum atomic E-state index is -0.531. The number of methoxy groups -OCH3 is 1. The highest BCUT2D eigenvalue weighted by Crippen LogP contribution is 2.06. The molecule has 0 aliphatic rings. The van der Waals surface area contributed by atoms with Gasteiger partial charge in [-0.05, 0) is 32.9 Å². The van der Waals surface area contributed by atoms with E-state index < -0.39 is 17.7 Å². The lowest BCUT2D eigenvalue weighted by molar-refractivity contribution is 0.0527. The summed E-state index contributed by atoms with van der Waals surface area (Å²) in [5.41, 5.74) is 0.144. The molecule has 0 fully saturated rings. The quantitative estimate of drug-likeness (QED) is 0.526. The van der Waals surface area contributed by atoms with Gasteiger partial charge >= 0.3 is 12.1 Å². The zero-order valence-electron chi connectivity index (χ0n) is 13.2. The molecule has 0 atom stereocenters. The lowest BCUT2D eigenvalue weighted by Gasteiger charge is -2.19. The number of nitrogens with one attached hydrogen (secondary N) is 1. The van der Waals surface area contributed by atoms with Crippen LogP contribution < -0.4 is 5.32 Å². The molecule has 0 unspecified atom stereocenters. The molecule has 0 aromatic carbocycles. The van der Waals surface area contributed by atoms with E-state index in [9.17, 15) is 9.59 Å². The number of carbonyl (C=O) groups excluding carboxylic acids is 2. The average Bonchev–Trinajstić information content (AvgIpc) is 2.44. The predicted octanol–water partition coefficient (Wildman–Crippen LogP) is 2.13. The molecule has 1 rings (SSSR count). The highest BCUT2D eigenvalue weighted by atomic mass is 16.6. The van der Waals surface area contributed by atoms with Crippen LogP contribution >= 0.6 is 0 Å². The zero-order valence-corrected chi connectivity index (χ0v) is 13.2. The summed E-state index contributed by atoms with van der Waals surface area (Å²) in [7, 11) is 1.29. The molecule has 22 heavy (non-hydrogen) atoms. The number of hydrogen-bond acceptors (Lipinski definition) is 5. The first-order chi connectivity index (χ1) is 10.3. The maximum atomic E-state index is 11.5. The molecule has 1 aromatic rings. The van der Waals surface area contributed by atoms with Crippen LogP contribution in [0.1, 0.15) is 43.2 Å². The van der Waals surface area contributed by atoms with Crippen LogP contribution in [0.5, 0.6) is 0 Å². The molecule has 0 saturated carbocycles. The normalized spacial score (nSPS) is 10.2. The second kappa shape index (κ2) is 8.03. The molecule has 0 saturated heterocycles. The number of hydrogen-bond donors (Lipinski definition) is 1. The Bertz CT molecular complexity index is 594. The number of carbonyl (C=O) groups is 2. The molecule has 1 N–H and O–H groups in total. The number of rotatable bonds is 3. The monoisotopic (exact) mass is 304 g/mol. The van der Waals surface area contributed by atoms with Gasteiger partial charge in [0.05, 0.1) is 12.7 Å². The SMILES string of the molecule is COC(=O)c1ncccc1C#CCCNC(=O)OC(C)(C)C. The van der Waals surface area contributed by atoms with Crippen LogP contribution in [0, 0.1) is 11.8 Å². The van der Waals surface area contributed by atoms with Crippen LogP contribution in [0.25, 0.3) is 0 Å². The van der Waals surface area contributed by atoms with E-state index in [0.29, 0.717) is 18.5 Å². The molecule has 118 valence electrons. The molecule has 0 bridgehead atoms. The van der Waals surface area contributed by atoms with Crippen molar-refractivity contribution < 1.29 is 19.1 Å². The van der Waals surface area contributed by atoms with E-state index in [1.165, 1.54) is 13.3 Å². The number of esters is 1. The Labute approximate surface area is 130 Å². The number of ether oxygens (including phenoxy) is 2. The van der Waals surface area contributed by atoms with Crippen LogP contribution in [0.3, 0.4) is 0 Å². The topological polar surface area (TPSA) is 77.5 Å². The Morgan fingerprint density at radius 3 is 2.73 bits per heavy atom. The van der Waals surface area contributed by atoms with Crippen molar-refractivity contribution in [1.82, 2.24) is 10.3 Å². The van der Waals surface area contributed by atoms with Gasteiger partial charge in [-0.15, -0.1) is 0 Å².